The zero-order valence-electron chi connectivity index (χ0n) is 11.6. The first-order valence-electron chi connectivity index (χ1n) is 6.18. The fourth-order valence-electron chi connectivity index (χ4n) is 1.90. The van der Waals surface area contributed by atoms with Crippen LogP contribution in [0.25, 0.3) is 0 Å². The fourth-order valence-corrected chi connectivity index (χ4v) is 1.90. The molecule has 0 bridgehead atoms. The summed E-state index contributed by atoms with van der Waals surface area (Å²) in [5.74, 6) is -2.59. The molecule has 2 rings (SSSR count). The van der Waals surface area contributed by atoms with Crippen molar-refractivity contribution in [1.82, 2.24) is 0 Å². The molecule has 0 atom stereocenters. The van der Waals surface area contributed by atoms with Crippen molar-refractivity contribution in [2.45, 2.75) is 6.92 Å². The van der Waals surface area contributed by atoms with Crippen molar-refractivity contribution in [3.8, 4) is 0 Å². The first-order valence-corrected chi connectivity index (χ1v) is 6.18. The number of benzene rings is 2. The number of carbonyl (C=O) groups excluding carboxylic acids is 1. The summed E-state index contributed by atoms with van der Waals surface area (Å²) in [5.41, 5.74) is 1.09. The maximum Gasteiger partial charge on any atom is 0.196 e. The maximum absolute atomic E-state index is 13.9. The van der Waals surface area contributed by atoms with Crippen LogP contribution in [0.2, 0.25) is 0 Å². The number of anilines is 1. The molecule has 0 heterocycles. The Kier molecular flexibility index (Phi) is 3.84. The molecular weight excluding hydrogens is 260 g/mol. The van der Waals surface area contributed by atoms with E-state index >= 15 is 0 Å². The molecule has 0 aromatic heterocycles. The van der Waals surface area contributed by atoms with Crippen LogP contribution in [0.1, 0.15) is 21.5 Å². The Morgan fingerprint density at radius 3 is 2.40 bits per heavy atom. The highest BCUT2D eigenvalue weighted by molar-refractivity contribution is 6.09. The molecule has 0 unspecified atom stereocenters. The highest BCUT2D eigenvalue weighted by atomic mass is 19.2. The zero-order valence-corrected chi connectivity index (χ0v) is 11.6. The van der Waals surface area contributed by atoms with Crippen LogP contribution < -0.4 is 4.90 Å². The Bertz CT molecular complexity index is 666. The second-order valence-corrected chi connectivity index (χ2v) is 4.83. The molecule has 0 aliphatic rings. The second-order valence-electron chi connectivity index (χ2n) is 4.83. The summed E-state index contributed by atoms with van der Waals surface area (Å²) in [4.78, 5) is 14.1. The second kappa shape index (κ2) is 5.41. The molecule has 0 aliphatic heterocycles. The maximum atomic E-state index is 13.9. The molecule has 0 saturated carbocycles. The van der Waals surface area contributed by atoms with Crippen molar-refractivity contribution >= 4 is 11.5 Å². The minimum atomic E-state index is -1.09. The first kappa shape index (κ1) is 14.2. The quantitative estimate of drug-likeness (QED) is 0.798. The Morgan fingerprint density at radius 1 is 1.05 bits per heavy atom. The largest absolute Gasteiger partial charge is 0.378 e. The molecule has 20 heavy (non-hydrogen) atoms. The van der Waals surface area contributed by atoms with Gasteiger partial charge in [0.25, 0.3) is 0 Å². The summed E-state index contributed by atoms with van der Waals surface area (Å²) in [5, 5.41) is 0. The van der Waals surface area contributed by atoms with Crippen molar-refractivity contribution in [3.05, 3.63) is 64.7 Å². The van der Waals surface area contributed by atoms with Crippen LogP contribution >= 0.6 is 0 Å². The summed E-state index contributed by atoms with van der Waals surface area (Å²) >= 11 is 0. The lowest BCUT2D eigenvalue weighted by atomic mass is 10.0. The van der Waals surface area contributed by atoms with Gasteiger partial charge in [-0.25, -0.2) is 8.78 Å². The zero-order chi connectivity index (χ0) is 14.9. The van der Waals surface area contributed by atoms with E-state index in [0.717, 1.165) is 5.69 Å². The van der Waals surface area contributed by atoms with E-state index in [-0.39, 0.29) is 11.1 Å². The molecule has 0 fully saturated rings. The standard InChI is InChI=1S/C16H15F2NO/c1-10-7-8-13(15(18)14(10)17)16(20)11-5-4-6-12(9-11)19(2)3/h4-9H,1-3H3. The van der Waals surface area contributed by atoms with Gasteiger partial charge in [0.1, 0.15) is 0 Å². The fraction of sp³-hybridized carbons (Fsp3) is 0.188. The number of rotatable bonds is 3. The molecule has 0 aliphatic carbocycles. The Labute approximate surface area is 116 Å². The first-order chi connectivity index (χ1) is 9.41. The number of halogens is 2. The Hall–Kier alpha value is -2.23. The lowest BCUT2D eigenvalue weighted by Gasteiger charge is -2.13. The van der Waals surface area contributed by atoms with Crippen LogP contribution in [-0.4, -0.2) is 19.9 Å². The highest BCUT2D eigenvalue weighted by Crippen LogP contribution is 2.21. The summed E-state index contributed by atoms with van der Waals surface area (Å²) in [6, 6.07) is 9.51. The number of hydrogen-bond acceptors (Lipinski definition) is 2. The van der Waals surface area contributed by atoms with Gasteiger partial charge < -0.3 is 4.90 Å². The average Bonchev–Trinajstić information content (AvgIpc) is 2.44. The molecule has 0 radical (unpaired) electrons. The molecule has 4 heteroatoms. The minimum absolute atomic E-state index is 0.182. The third-order valence-corrected chi connectivity index (χ3v) is 3.14. The molecule has 2 aromatic carbocycles. The monoisotopic (exact) mass is 275 g/mol. The van der Waals surface area contributed by atoms with E-state index in [2.05, 4.69) is 0 Å². The molecule has 2 nitrogen and oxygen atoms in total. The predicted molar refractivity (Wildman–Crippen MR) is 75.3 cm³/mol. The molecule has 0 spiro atoms. The van der Waals surface area contributed by atoms with Gasteiger partial charge in [-0.15, -0.1) is 0 Å². The van der Waals surface area contributed by atoms with Crippen LogP contribution in [-0.2, 0) is 0 Å². The molecule has 2 aromatic rings. The third kappa shape index (κ3) is 2.54. The number of carbonyl (C=O) groups is 1. The number of aryl methyl sites for hydroxylation is 1. The van der Waals surface area contributed by atoms with Crippen LogP contribution in [0.4, 0.5) is 14.5 Å². The van der Waals surface area contributed by atoms with Gasteiger partial charge in [0, 0.05) is 25.3 Å². The van der Waals surface area contributed by atoms with E-state index < -0.39 is 17.4 Å². The van der Waals surface area contributed by atoms with Crippen LogP contribution in [0, 0.1) is 18.6 Å². The van der Waals surface area contributed by atoms with Crippen LogP contribution in [0.5, 0.6) is 0 Å². The summed E-state index contributed by atoms with van der Waals surface area (Å²) in [6.07, 6.45) is 0. The van der Waals surface area contributed by atoms with Crippen molar-refractivity contribution in [2.75, 3.05) is 19.0 Å². The van der Waals surface area contributed by atoms with Gasteiger partial charge in [-0.3, -0.25) is 4.79 Å². The van der Waals surface area contributed by atoms with Crippen molar-refractivity contribution < 1.29 is 13.6 Å². The van der Waals surface area contributed by atoms with Gasteiger partial charge in [0.2, 0.25) is 0 Å². The van der Waals surface area contributed by atoms with Gasteiger partial charge in [0.05, 0.1) is 5.56 Å². The molecule has 104 valence electrons. The normalized spacial score (nSPS) is 10.4. The lowest BCUT2D eigenvalue weighted by Crippen LogP contribution is -2.11. The van der Waals surface area contributed by atoms with Gasteiger partial charge in [0.15, 0.2) is 17.4 Å². The van der Waals surface area contributed by atoms with E-state index in [9.17, 15) is 13.6 Å². The number of hydrogen-bond donors (Lipinski definition) is 0. The summed E-state index contributed by atoms with van der Waals surface area (Å²) in [7, 11) is 3.69. The SMILES string of the molecule is Cc1ccc(C(=O)c2cccc(N(C)C)c2)c(F)c1F. The summed E-state index contributed by atoms with van der Waals surface area (Å²) in [6.45, 7) is 1.46. The van der Waals surface area contributed by atoms with E-state index in [1.54, 1.807) is 18.2 Å². The van der Waals surface area contributed by atoms with Crippen molar-refractivity contribution in [3.63, 3.8) is 0 Å². The van der Waals surface area contributed by atoms with Crippen LogP contribution in [0.3, 0.4) is 0 Å². The third-order valence-electron chi connectivity index (χ3n) is 3.14. The van der Waals surface area contributed by atoms with Crippen molar-refractivity contribution in [2.24, 2.45) is 0 Å². The highest BCUT2D eigenvalue weighted by Gasteiger charge is 2.18. The van der Waals surface area contributed by atoms with E-state index in [4.69, 9.17) is 0 Å². The van der Waals surface area contributed by atoms with Gasteiger partial charge in [-0.2, -0.15) is 0 Å². The van der Waals surface area contributed by atoms with E-state index in [1.807, 2.05) is 25.1 Å². The van der Waals surface area contributed by atoms with Crippen LogP contribution in [0.15, 0.2) is 36.4 Å². The predicted octanol–water partition coefficient (Wildman–Crippen LogP) is 3.57. The molecule has 0 N–H and O–H groups in total. The van der Waals surface area contributed by atoms with E-state index in [0.29, 0.717) is 5.56 Å². The van der Waals surface area contributed by atoms with Crippen molar-refractivity contribution in [1.29, 1.82) is 0 Å². The van der Waals surface area contributed by atoms with Gasteiger partial charge in [-0.05, 0) is 30.7 Å². The van der Waals surface area contributed by atoms with E-state index in [1.165, 1.54) is 19.1 Å². The number of nitrogens with zero attached hydrogens (tertiary/aromatic N) is 1. The smallest absolute Gasteiger partial charge is 0.196 e. The topological polar surface area (TPSA) is 20.3 Å². The molecule has 0 saturated heterocycles. The summed E-state index contributed by atoms with van der Waals surface area (Å²) < 4.78 is 27.4. The number of ketones is 1. The lowest BCUT2D eigenvalue weighted by molar-refractivity contribution is 0.103. The molecular formula is C16H15F2NO. The molecule has 0 amide bonds. The minimum Gasteiger partial charge on any atom is -0.378 e. The average molecular weight is 275 g/mol. The van der Waals surface area contributed by atoms with Gasteiger partial charge in [-0.1, -0.05) is 18.2 Å². The van der Waals surface area contributed by atoms with Gasteiger partial charge >= 0.3 is 0 Å². The Balaban J connectivity index is 2.47. The Morgan fingerprint density at radius 2 is 1.75 bits per heavy atom.